The maximum absolute atomic E-state index is 14.3. The van der Waals surface area contributed by atoms with Crippen LogP contribution in [0.2, 0.25) is 0 Å². The minimum atomic E-state index is -4.30. The third-order valence-electron chi connectivity index (χ3n) is 6.75. The van der Waals surface area contributed by atoms with Gasteiger partial charge in [-0.25, -0.2) is 8.42 Å². The molecule has 0 saturated heterocycles. The Morgan fingerprint density at radius 2 is 1.61 bits per heavy atom. The number of nitrogens with two attached hydrogens (primary N) is 1. The zero-order chi connectivity index (χ0) is 23.0. The summed E-state index contributed by atoms with van der Waals surface area (Å²) in [6.07, 6.45) is 1.16. The molecule has 164 valence electrons. The van der Waals surface area contributed by atoms with Crippen LogP contribution in [0.1, 0.15) is 35.2 Å². The molecule has 0 radical (unpaired) electrons. The molecule has 1 atom stereocenters. The Balaban J connectivity index is 1.79. The molecular formula is C26H19NO5S. The van der Waals surface area contributed by atoms with Crippen LogP contribution >= 0.6 is 0 Å². The van der Waals surface area contributed by atoms with Crippen LogP contribution in [0.15, 0.2) is 93.7 Å². The third-order valence-corrected chi connectivity index (χ3v) is 8.69. The number of rotatable bonds is 2. The summed E-state index contributed by atoms with van der Waals surface area (Å²) in [4.78, 5) is 27.3. The van der Waals surface area contributed by atoms with Gasteiger partial charge in [-0.2, -0.15) is 0 Å². The van der Waals surface area contributed by atoms with E-state index in [9.17, 15) is 18.0 Å². The third kappa shape index (κ3) is 2.40. The number of Topliss-reactive ketones (excluding diaryl/α,β-unsaturated/α-hetero) is 2. The van der Waals surface area contributed by atoms with Crippen molar-refractivity contribution >= 4 is 32.2 Å². The van der Waals surface area contributed by atoms with Gasteiger partial charge in [0.25, 0.3) is 0 Å². The predicted molar refractivity (Wildman–Crippen MR) is 122 cm³/mol. The van der Waals surface area contributed by atoms with Crippen molar-refractivity contribution in [2.45, 2.75) is 29.6 Å². The fraction of sp³-hybridized carbons (Fsp3) is 0.154. The van der Waals surface area contributed by atoms with E-state index in [0.29, 0.717) is 29.4 Å². The topological polar surface area (TPSA) is 104 Å². The van der Waals surface area contributed by atoms with Gasteiger partial charge in [-0.1, -0.05) is 54.6 Å². The van der Waals surface area contributed by atoms with Gasteiger partial charge in [0, 0.05) is 18.4 Å². The Hall–Kier alpha value is -3.71. The summed E-state index contributed by atoms with van der Waals surface area (Å²) in [5, 5.41) is 1.44. The molecule has 2 N–H and O–H groups in total. The van der Waals surface area contributed by atoms with Crippen LogP contribution in [0.5, 0.6) is 0 Å². The predicted octanol–water partition coefficient (Wildman–Crippen LogP) is 3.91. The highest BCUT2D eigenvalue weighted by Crippen LogP contribution is 2.57. The van der Waals surface area contributed by atoms with Gasteiger partial charge in [0.2, 0.25) is 15.7 Å². The van der Waals surface area contributed by atoms with Crippen molar-refractivity contribution < 1.29 is 22.7 Å². The molecule has 0 amide bonds. The van der Waals surface area contributed by atoms with Gasteiger partial charge in [0.15, 0.2) is 11.6 Å². The number of benzene rings is 3. The van der Waals surface area contributed by atoms with Crippen molar-refractivity contribution in [1.82, 2.24) is 0 Å². The number of hydrogen-bond acceptors (Lipinski definition) is 6. The van der Waals surface area contributed by atoms with Crippen molar-refractivity contribution in [1.29, 1.82) is 0 Å². The first-order valence-electron chi connectivity index (χ1n) is 10.7. The maximum atomic E-state index is 14.3. The first kappa shape index (κ1) is 19.9. The second-order valence-corrected chi connectivity index (χ2v) is 10.4. The molecule has 3 aromatic rings. The second-order valence-electron chi connectivity index (χ2n) is 8.48. The number of allylic oxidation sites excluding steroid dienone is 3. The highest BCUT2D eigenvalue weighted by molar-refractivity contribution is 7.95. The van der Waals surface area contributed by atoms with Crippen molar-refractivity contribution in [2.75, 3.05) is 0 Å². The number of sulfone groups is 1. The molecule has 1 aliphatic heterocycles. The first-order chi connectivity index (χ1) is 15.9. The Kier molecular flexibility index (Phi) is 4.02. The van der Waals surface area contributed by atoms with Crippen molar-refractivity contribution in [2.24, 2.45) is 5.73 Å². The van der Waals surface area contributed by atoms with Crippen LogP contribution in [0.25, 0.3) is 10.8 Å². The summed E-state index contributed by atoms with van der Waals surface area (Å²) in [5.74, 6) is -0.820. The zero-order valence-electron chi connectivity index (χ0n) is 17.5. The van der Waals surface area contributed by atoms with Crippen LogP contribution in [0, 0.1) is 0 Å². The lowest BCUT2D eigenvalue weighted by molar-refractivity contribution is -0.117. The number of carbonyl (C=O) groups is 2. The average molecular weight is 458 g/mol. The SMILES string of the molecule is NC1=C(S(=O)(=O)c2ccccc2)C2(C(=O)c3cccc4cccc2c34)C2=C(CCCC2=O)O1. The first-order valence-corrected chi connectivity index (χ1v) is 12.2. The van der Waals surface area contributed by atoms with Crippen LogP contribution in [-0.4, -0.2) is 20.0 Å². The van der Waals surface area contributed by atoms with Crippen LogP contribution in [0.4, 0.5) is 0 Å². The zero-order valence-corrected chi connectivity index (χ0v) is 18.3. The summed E-state index contributed by atoms with van der Waals surface area (Å²) >= 11 is 0. The van der Waals surface area contributed by atoms with Crippen LogP contribution in [-0.2, 0) is 24.8 Å². The molecule has 3 aliphatic rings. The molecule has 2 aliphatic carbocycles. The lowest BCUT2D eigenvalue weighted by Gasteiger charge is -2.39. The molecule has 1 unspecified atom stereocenters. The Bertz CT molecular complexity index is 1560. The Morgan fingerprint density at radius 3 is 2.36 bits per heavy atom. The molecule has 0 bridgehead atoms. The number of ketones is 2. The molecule has 6 rings (SSSR count). The van der Waals surface area contributed by atoms with E-state index in [1.54, 1.807) is 42.5 Å². The molecule has 3 aromatic carbocycles. The maximum Gasteiger partial charge on any atom is 0.209 e. The molecular weight excluding hydrogens is 438 g/mol. The smallest absolute Gasteiger partial charge is 0.209 e. The van der Waals surface area contributed by atoms with Gasteiger partial charge in [-0.3, -0.25) is 9.59 Å². The van der Waals surface area contributed by atoms with Gasteiger partial charge >= 0.3 is 0 Å². The minimum Gasteiger partial charge on any atom is -0.444 e. The number of hydrogen-bond donors (Lipinski definition) is 1. The summed E-state index contributed by atoms with van der Waals surface area (Å²) < 4.78 is 33.9. The molecule has 7 heteroatoms. The molecule has 0 fully saturated rings. The number of fused-ring (bicyclic) bond motifs is 2. The molecule has 1 spiro atoms. The van der Waals surface area contributed by atoms with E-state index in [1.807, 2.05) is 12.1 Å². The average Bonchev–Trinajstić information content (AvgIpc) is 3.05. The summed E-state index contributed by atoms with van der Waals surface area (Å²) in [7, 11) is -4.30. The van der Waals surface area contributed by atoms with E-state index in [-0.39, 0.29) is 39.2 Å². The van der Waals surface area contributed by atoms with Gasteiger partial charge in [-0.05, 0) is 34.9 Å². The quantitative estimate of drug-likeness (QED) is 0.626. The van der Waals surface area contributed by atoms with E-state index in [0.717, 1.165) is 5.39 Å². The van der Waals surface area contributed by atoms with Crippen molar-refractivity contribution in [3.63, 3.8) is 0 Å². The fourth-order valence-corrected chi connectivity index (χ4v) is 7.27. The van der Waals surface area contributed by atoms with Gasteiger partial charge in [-0.15, -0.1) is 0 Å². The Morgan fingerprint density at radius 1 is 0.879 bits per heavy atom. The summed E-state index contributed by atoms with van der Waals surface area (Å²) in [6, 6.07) is 18.5. The van der Waals surface area contributed by atoms with E-state index >= 15 is 0 Å². The summed E-state index contributed by atoms with van der Waals surface area (Å²) in [6.45, 7) is 0. The highest BCUT2D eigenvalue weighted by atomic mass is 32.2. The van der Waals surface area contributed by atoms with Crippen LogP contribution < -0.4 is 5.73 Å². The van der Waals surface area contributed by atoms with E-state index in [1.165, 1.54) is 12.1 Å². The Labute approximate surface area is 190 Å². The second kappa shape index (κ2) is 6.65. The summed E-state index contributed by atoms with van der Waals surface area (Å²) in [5.41, 5.74) is 5.39. The van der Waals surface area contributed by atoms with Gasteiger partial charge in [0.1, 0.15) is 16.1 Å². The molecule has 33 heavy (non-hydrogen) atoms. The van der Waals surface area contributed by atoms with Crippen molar-refractivity contribution in [3.8, 4) is 0 Å². The lowest BCUT2D eigenvalue weighted by atomic mass is 9.68. The van der Waals surface area contributed by atoms with Gasteiger partial charge in [0.05, 0.1) is 10.5 Å². The van der Waals surface area contributed by atoms with E-state index in [4.69, 9.17) is 10.5 Å². The van der Waals surface area contributed by atoms with Crippen molar-refractivity contribution in [3.05, 3.63) is 100.0 Å². The molecule has 0 saturated carbocycles. The standard InChI is InChI=1S/C26H19NO5S/c27-25-24(33(30,31)16-9-2-1-3-10-16)26(22-19(28)13-6-14-20(22)32-25)18-12-5-8-15-7-4-11-17(21(15)18)23(26)29/h1-5,7-12H,6,13-14,27H2. The lowest BCUT2D eigenvalue weighted by Crippen LogP contribution is -2.47. The number of ether oxygens (including phenoxy) is 1. The van der Waals surface area contributed by atoms with E-state index in [2.05, 4.69) is 0 Å². The van der Waals surface area contributed by atoms with Crippen LogP contribution in [0.3, 0.4) is 0 Å². The van der Waals surface area contributed by atoms with E-state index < -0.39 is 21.0 Å². The highest BCUT2D eigenvalue weighted by Gasteiger charge is 2.62. The molecule has 1 heterocycles. The number of carbonyl (C=O) groups excluding carboxylic acids is 2. The molecule has 0 aromatic heterocycles. The fourth-order valence-electron chi connectivity index (χ4n) is 5.50. The largest absolute Gasteiger partial charge is 0.444 e. The minimum absolute atomic E-state index is 0.0193. The van der Waals surface area contributed by atoms with Gasteiger partial charge < -0.3 is 10.5 Å². The molecule has 6 nitrogen and oxygen atoms in total. The monoisotopic (exact) mass is 457 g/mol. The normalized spacial score (nSPS) is 22.2.